The molecule has 0 atom stereocenters. The summed E-state index contributed by atoms with van der Waals surface area (Å²) < 4.78 is 2.09. The van der Waals surface area contributed by atoms with Gasteiger partial charge in [0.1, 0.15) is 11.6 Å². The number of aryl methyl sites for hydroxylation is 1. The molecule has 0 saturated heterocycles. The maximum absolute atomic E-state index is 12.6. The second-order valence-electron chi connectivity index (χ2n) is 6.52. The second-order valence-corrected chi connectivity index (χ2v) is 6.52. The molecule has 0 spiro atoms. The first-order valence-electron chi connectivity index (χ1n) is 8.49. The smallest absolute Gasteiger partial charge is 0.255 e. The van der Waals surface area contributed by atoms with Gasteiger partial charge in [-0.3, -0.25) is 9.69 Å². The fraction of sp³-hybridized carbons (Fsp3) is 0.316. The van der Waals surface area contributed by atoms with Crippen molar-refractivity contribution in [3.63, 3.8) is 0 Å². The zero-order chi connectivity index (χ0) is 17.4. The lowest BCUT2D eigenvalue weighted by Crippen LogP contribution is -2.35. The van der Waals surface area contributed by atoms with Crippen LogP contribution in [0.3, 0.4) is 0 Å². The minimum absolute atomic E-state index is 0.0326. The Hall–Kier alpha value is -2.73. The molecule has 6 nitrogen and oxygen atoms in total. The van der Waals surface area contributed by atoms with E-state index in [0.717, 1.165) is 47.8 Å². The third kappa shape index (κ3) is 3.00. The lowest BCUT2D eigenvalue weighted by molar-refractivity contribution is 0.236. The van der Waals surface area contributed by atoms with Crippen molar-refractivity contribution >= 4 is 0 Å². The van der Waals surface area contributed by atoms with Gasteiger partial charge in [-0.15, -0.1) is 0 Å². The molecule has 25 heavy (non-hydrogen) atoms. The Morgan fingerprint density at radius 3 is 2.76 bits per heavy atom. The maximum atomic E-state index is 12.6. The van der Waals surface area contributed by atoms with Crippen LogP contribution in [0.5, 0.6) is 0 Å². The van der Waals surface area contributed by atoms with E-state index in [0.29, 0.717) is 12.4 Å². The van der Waals surface area contributed by atoms with Gasteiger partial charge >= 0.3 is 0 Å². The first kappa shape index (κ1) is 15.8. The van der Waals surface area contributed by atoms with Gasteiger partial charge in [0.05, 0.1) is 17.0 Å². The van der Waals surface area contributed by atoms with Gasteiger partial charge in [0.15, 0.2) is 0 Å². The highest BCUT2D eigenvalue weighted by molar-refractivity contribution is 5.54. The molecule has 0 radical (unpaired) electrons. The van der Waals surface area contributed by atoms with Crippen LogP contribution >= 0.6 is 0 Å². The van der Waals surface area contributed by atoms with E-state index in [1.165, 1.54) is 0 Å². The minimum Gasteiger partial charge on any atom is -0.334 e. The third-order valence-corrected chi connectivity index (χ3v) is 4.90. The normalized spacial score (nSPS) is 14.5. The molecule has 1 aliphatic rings. The molecule has 0 amide bonds. The fourth-order valence-electron chi connectivity index (χ4n) is 3.27. The van der Waals surface area contributed by atoms with Gasteiger partial charge in [0.25, 0.3) is 5.56 Å². The highest BCUT2D eigenvalue weighted by atomic mass is 16.1. The number of nitrogens with one attached hydrogen (secondary N) is 1. The Balaban J connectivity index is 1.60. The molecular formula is C19H21N5O. The van der Waals surface area contributed by atoms with E-state index in [9.17, 15) is 4.79 Å². The Bertz CT molecular complexity index is 958. The molecule has 3 aromatic rings. The van der Waals surface area contributed by atoms with Crippen molar-refractivity contribution in [3.8, 4) is 11.4 Å². The van der Waals surface area contributed by atoms with Gasteiger partial charge in [0, 0.05) is 44.9 Å². The number of hydrogen-bond donors (Lipinski definition) is 1. The largest absolute Gasteiger partial charge is 0.334 e. The van der Waals surface area contributed by atoms with Gasteiger partial charge < -0.3 is 9.55 Å². The summed E-state index contributed by atoms with van der Waals surface area (Å²) in [6, 6.07) is 9.78. The molecule has 1 aliphatic heterocycles. The number of aromatic amines is 1. The van der Waals surface area contributed by atoms with Crippen LogP contribution in [0.1, 0.15) is 22.8 Å². The number of imidazole rings is 1. The van der Waals surface area contributed by atoms with Crippen molar-refractivity contribution in [2.45, 2.75) is 26.4 Å². The van der Waals surface area contributed by atoms with Crippen LogP contribution in [-0.2, 0) is 26.6 Å². The third-order valence-electron chi connectivity index (χ3n) is 4.90. The summed E-state index contributed by atoms with van der Waals surface area (Å²) >= 11 is 0. The van der Waals surface area contributed by atoms with Crippen LogP contribution in [-0.4, -0.2) is 31.0 Å². The monoisotopic (exact) mass is 335 g/mol. The van der Waals surface area contributed by atoms with E-state index in [4.69, 9.17) is 4.98 Å². The van der Waals surface area contributed by atoms with Gasteiger partial charge in [-0.1, -0.05) is 30.3 Å². The predicted molar refractivity (Wildman–Crippen MR) is 96.1 cm³/mol. The first-order chi connectivity index (χ1) is 12.1. The van der Waals surface area contributed by atoms with Gasteiger partial charge in [-0.05, 0) is 6.92 Å². The Labute approximate surface area is 146 Å². The van der Waals surface area contributed by atoms with Crippen molar-refractivity contribution < 1.29 is 0 Å². The molecule has 2 aromatic heterocycles. The van der Waals surface area contributed by atoms with Gasteiger partial charge in [-0.25, -0.2) is 9.97 Å². The van der Waals surface area contributed by atoms with E-state index in [1.807, 2.05) is 50.5 Å². The maximum Gasteiger partial charge on any atom is 0.255 e. The Kier molecular flexibility index (Phi) is 3.97. The molecule has 3 heterocycles. The molecule has 0 fully saturated rings. The summed E-state index contributed by atoms with van der Waals surface area (Å²) in [4.78, 5) is 26.9. The van der Waals surface area contributed by atoms with Crippen molar-refractivity contribution in [2.24, 2.45) is 7.05 Å². The summed E-state index contributed by atoms with van der Waals surface area (Å²) in [5, 5.41) is 0. The van der Waals surface area contributed by atoms with Gasteiger partial charge in [-0.2, -0.15) is 0 Å². The number of aromatic nitrogens is 4. The van der Waals surface area contributed by atoms with Gasteiger partial charge in [0.2, 0.25) is 0 Å². The quantitative estimate of drug-likeness (QED) is 0.795. The lowest BCUT2D eigenvalue weighted by Gasteiger charge is -2.27. The van der Waals surface area contributed by atoms with E-state index >= 15 is 0 Å². The SMILES string of the molecule is Cc1ncc(CN2CCc3nc(-c4ccccc4)[nH]c(=O)c3C2)n1C. The van der Waals surface area contributed by atoms with Crippen LogP contribution in [0.2, 0.25) is 0 Å². The molecule has 128 valence electrons. The molecule has 0 bridgehead atoms. The molecular weight excluding hydrogens is 314 g/mol. The van der Waals surface area contributed by atoms with Crippen LogP contribution < -0.4 is 5.56 Å². The summed E-state index contributed by atoms with van der Waals surface area (Å²) in [6.07, 6.45) is 2.70. The number of rotatable bonds is 3. The Morgan fingerprint density at radius 2 is 2.04 bits per heavy atom. The molecule has 4 rings (SSSR count). The molecule has 0 aliphatic carbocycles. The Morgan fingerprint density at radius 1 is 1.24 bits per heavy atom. The summed E-state index contributed by atoms with van der Waals surface area (Å²) in [7, 11) is 2.02. The van der Waals surface area contributed by atoms with E-state index in [-0.39, 0.29) is 5.56 Å². The van der Waals surface area contributed by atoms with Crippen LogP contribution in [0.25, 0.3) is 11.4 Å². The van der Waals surface area contributed by atoms with Crippen molar-refractivity contribution in [1.29, 1.82) is 0 Å². The van der Waals surface area contributed by atoms with E-state index in [2.05, 4.69) is 19.4 Å². The highest BCUT2D eigenvalue weighted by Gasteiger charge is 2.22. The van der Waals surface area contributed by atoms with Crippen molar-refractivity contribution in [2.75, 3.05) is 6.54 Å². The summed E-state index contributed by atoms with van der Waals surface area (Å²) in [6.45, 7) is 4.30. The molecule has 1 aromatic carbocycles. The number of nitrogens with zero attached hydrogens (tertiary/aromatic N) is 4. The summed E-state index contributed by atoms with van der Waals surface area (Å²) in [5.41, 5.74) is 3.76. The zero-order valence-electron chi connectivity index (χ0n) is 14.5. The second kappa shape index (κ2) is 6.29. The fourth-order valence-corrected chi connectivity index (χ4v) is 3.27. The predicted octanol–water partition coefficient (Wildman–Crippen LogP) is 2.04. The lowest BCUT2D eigenvalue weighted by atomic mass is 10.1. The molecule has 6 heteroatoms. The van der Waals surface area contributed by atoms with E-state index < -0.39 is 0 Å². The highest BCUT2D eigenvalue weighted by Crippen LogP contribution is 2.19. The molecule has 1 N–H and O–H groups in total. The number of H-pyrrole nitrogens is 1. The topological polar surface area (TPSA) is 66.8 Å². The van der Waals surface area contributed by atoms with Crippen LogP contribution in [0.4, 0.5) is 0 Å². The van der Waals surface area contributed by atoms with Crippen molar-refractivity contribution in [3.05, 3.63) is 69.7 Å². The average molecular weight is 335 g/mol. The zero-order valence-corrected chi connectivity index (χ0v) is 14.5. The van der Waals surface area contributed by atoms with Crippen molar-refractivity contribution in [1.82, 2.24) is 24.4 Å². The summed E-state index contributed by atoms with van der Waals surface area (Å²) in [5.74, 6) is 1.65. The molecule has 0 saturated carbocycles. The first-order valence-corrected chi connectivity index (χ1v) is 8.49. The average Bonchev–Trinajstić information content (AvgIpc) is 2.95. The number of benzene rings is 1. The van der Waals surface area contributed by atoms with E-state index in [1.54, 1.807) is 0 Å². The van der Waals surface area contributed by atoms with Crippen LogP contribution in [0.15, 0.2) is 41.3 Å². The molecule has 0 unspecified atom stereocenters. The standard InChI is InChI=1S/C19H21N5O/c1-13-20-10-15(23(13)2)11-24-9-8-17-16(12-24)19(25)22-18(21-17)14-6-4-3-5-7-14/h3-7,10H,8-9,11-12H2,1-2H3,(H,21,22,25). The minimum atomic E-state index is -0.0326. The number of hydrogen-bond acceptors (Lipinski definition) is 4. The number of fused-ring (bicyclic) bond motifs is 1. The van der Waals surface area contributed by atoms with Crippen LogP contribution in [0, 0.1) is 6.92 Å².